The van der Waals surface area contributed by atoms with Crippen molar-refractivity contribution in [1.29, 1.82) is 0 Å². The summed E-state index contributed by atoms with van der Waals surface area (Å²) in [6, 6.07) is 3.08. The van der Waals surface area contributed by atoms with Crippen LogP contribution in [0.3, 0.4) is 0 Å². The largest absolute Gasteiger partial charge is 0.342 e. The van der Waals surface area contributed by atoms with E-state index in [2.05, 4.69) is 5.32 Å². The van der Waals surface area contributed by atoms with Gasteiger partial charge in [0.2, 0.25) is 11.8 Å². The first kappa shape index (κ1) is 15.4. The van der Waals surface area contributed by atoms with Gasteiger partial charge in [-0.15, -0.1) is 0 Å². The fourth-order valence-electron chi connectivity index (χ4n) is 2.35. The van der Waals surface area contributed by atoms with Crippen molar-refractivity contribution in [3.05, 3.63) is 29.8 Å². The van der Waals surface area contributed by atoms with Gasteiger partial charge in [0, 0.05) is 24.8 Å². The number of likely N-dealkylation sites (tertiary alicyclic amines) is 1. The van der Waals surface area contributed by atoms with Crippen molar-refractivity contribution >= 4 is 17.5 Å². The van der Waals surface area contributed by atoms with Crippen LogP contribution in [-0.4, -0.2) is 29.8 Å². The molecule has 2 rings (SSSR count). The minimum Gasteiger partial charge on any atom is -0.342 e. The van der Waals surface area contributed by atoms with Crippen LogP contribution in [0, 0.1) is 11.6 Å². The highest BCUT2D eigenvalue weighted by atomic mass is 19.2. The third-order valence-corrected chi connectivity index (χ3v) is 3.47. The van der Waals surface area contributed by atoms with Crippen LogP contribution in [-0.2, 0) is 9.59 Å². The number of carbonyl (C=O) groups excluding carboxylic acids is 2. The average molecular weight is 296 g/mol. The molecule has 1 aliphatic heterocycles. The van der Waals surface area contributed by atoms with E-state index in [0.717, 1.165) is 37.8 Å². The van der Waals surface area contributed by atoms with Crippen molar-refractivity contribution < 1.29 is 18.4 Å². The van der Waals surface area contributed by atoms with Crippen LogP contribution in [0.5, 0.6) is 0 Å². The lowest BCUT2D eigenvalue weighted by Gasteiger charge is -2.19. The molecule has 0 aromatic heterocycles. The second-order valence-electron chi connectivity index (χ2n) is 5.15. The molecule has 4 nitrogen and oxygen atoms in total. The first-order valence-electron chi connectivity index (χ1n) is 7.09. The second-order valence-corrected chi connectivity index (χ2v) is 5.15. The Morgan fingerprint density at radius 1 is 1.05 bits per heavy atom. The molecule has 0 unspecified atom stereocenters. The molecule has 0 radical (unpaired) electrons. The molecule has 6 heteroatoms. The number of carbonyl (C=O) groups is 2. The highest BCUT2D eigenvalue weighted by molar-refractivity contribution is 6.03. The van der Waals surface area contributed by atoms with E-state index in [4.69, 9.17) is 0 Å². The number of anilines is 1. The number of benzene rings is 1. The molecular formula is C15H18F2N2O2. The topological polar surface area (TPSA) is 49.4 Å². The predicted molar refractivity (Wildman–Crippen MR) is 74.7 cm³/mol. The Hall–Kier alpha value is -1.98. The second kappa shape index (κ2) is 7.15. The molecule has 0 aliphatic carbocycles. The minimum absolute atomic E-state index is 0.141. The van der Waals surface area contributed by atoms with E-state index in [9.17, 15) is 18.4 Å². The van der Waals surface area contributed by atoms with E-state index in [0.29, 0.717) is 13.1 Å². The monoisotopic (exact) mass is 296 g/mol. The summed E-state index contributed by atoms with van der Waals surface area (Å²) in [6.45, 7) is 1.36. The molecular weight excluding hydrogens is 278 g/mol. The standard InChI is InChI=1S/C15H18F2N2O2/c16-12-6-5-11(9-13(12)17)18-14(20)10-15(21)19-7-3-1-2-4-8-19/h5-6,9H,1-4,7-8,10H2,(H,18,20). The zero-order valence-corrected chi connectivity index (χ0v) is 11.7. The lowest BCUT2D eigenvalue weighted by Crippen LogP contribution is -2.34. The fraction of sp³-hybridized carbons (Fsp3) is 0.467. The van der Waals surface area contributed by atoms with Crippen LogP contribution in [0.15, 0.2) is 18.2 Å². The van der Waals surface area contributed by atoms with Crippen molar-refractivity contribution in [2.45, 2.75) is 32.1 Å². The van der Waals surface area contributed by atoms with Gasteiger partial charge in [-0.3, -0.25) is 9.59 Å². The van der Waals surface area contributed by atoms with E-state index in [1.165, 1.54) is 6.07 Å². The number of nitrogens with zero attached hydrogens (tertiary/aromatic N) is 1. The highest BCUT2D eigenvalue weighted by Crippen LogP contribution is 2.14. The Bertz CT molecular complexity index is 526. The summed E-state index contributed by atoms with van der Waals surface area (Å²) in [5.41, 5.74) is 0.141. The third-order valence-electron chi connectivity index (χ3n) is 3.47. The Morgan fingerprint density at radius 3 is 2.33 bits per heavy atom. The van der Waals surface area contributed by atoms with Gasteiger partial charge in [-0.2, -0.15) is 0 Å². The molecule has 114 valence electrons. The summed E-state index contributed by atoms with van der Waals surface area (Å²) in [5.74, 6) is -2.76. The molecule has 1 aromatic rings. The van der Waals surface area contributed by atoms with E-state index in [1.807, 2.05) is 0 Å². The van der Waals surface area contributed by atoms with Gasteiger partial charge in [-0.1, -0.05) is 12.8 Å². The maximum Gasteiger partial charge on any atom is 0.233 e. The molecule has 1 N–H and O–H groups in total. The molecule has 0 saturated carbocycles. The zero-order valence-electron chi connectivity index (χ0n) is 11.7. The van der Waals surface area contributed by atoms with Crippen LogP contribution in [0.1, 0.15) is 32.1 Å². The van der Waals surface area contributed by atoms with Gasteiger partial charge in [0.25, 0.3) is 0 Å². The molecule has 0 spiro atoms. The lowest BCUT2D eigenvalue weighted by atomic mass is 10.2. The van der Waals surface area contributed by atoms with Crippen molar-refractivity contribution in [2.75, 3.05) is 18.4 Å². The minimum atomic E-state index is -1.04. The van der Waals surface area contributed by atoms with Gasteiger partial charge >= 0.3 is 0 Å². The Morgan fingerprint density at radius 2 is 1.71 bits per heavy atom. The quantitative estimate of drug-likeness (QED) is 0.872. The zero-order chi connectivity index (χ0) is 15.2. The van der Waals surface area contributed by atoms with Crippen LogP contribution in [0.4, 0.5) is 14.5 Å². The van der Waals surface area contributed by atoms with Crippen molar-refractivity contribution in [2.24, 2.45) is 0 Å². The summed E-state index contributed by atoms with van der Waals surface area (Å²) in [5, 5.41) is 2.40. The molecule has 1 saturated heterocycles. The van der Waals surface area contributed by atoms with Gasteiger partial charge in [-0.05, 0) is 25.0 Å². The molecule has 1 heterocycles. The van der Waals surface area contributed by atoms with Crippen LogP contribution in [0.2, 0.25) is 0 Å². The van der Waals surface area contributed by atoms with Crippen LogP contribution in [0.25, 0.3) is 0 Å². The van der Waals surface area contributed by atoms with Gasteiger partial charge in [0.15, 0.2) is 11.6 Å². The van der Waals surface area contributed by atoms with Crippen molar-refractivity contribution in [1.82, 2.24) is 4.90 Å². The first-order chi connectivity index (χ1) is 10.1. The normalized spacial score (nSPS) is 15.4. The van der Waals surface area contributed by atoms with Crippen LogP contribution < -0.4 is 5.32 Å². The number of rotatable bonds is 3. The number of amides is 2. The molecule has 2 amide bonds. The van der Waals surface area contributed by atoms with Gasteiger partial charge in [-0.25, -0.2) is 8.78 Å². The molecule has 1 aliphatic rings. The smallest absolute Gasteiger partial charge is 0.233 e. The van der Waals surface area contributed by atoms with E-state index in [1.54, 1.807) is 4.90 Å². The van der Waals surface area contributed by atoms with Gasteiger partial charge in [0.1, 0.15) is 6.42 Å². The fourth-order valence-corrected chi connectivity index (χ4v) is 2.35. The number of halogens is 2. The molecule has 0 bridgehead atoms. The Labute approximate surface area is 122 Å². The molecule has 21 heavy (non-hydrogen) atoms. The van der Waals surface area contributed by atoms with Gasteiger partial charge in [0.05, 0.1) is 0 Å². The first-order valence-corrected chi connectivity index (χ1v) is 7.09. The lowest BCUT2D eigenvalue weighted by molar-refractivity contribution is -0.134. The van der Waals surface area contributed by atoms with Gasteiger partial charge < -0.3 is 10.2 Å². The SMILES string of the molecule is O=C(CC(=O)N1CCCCCC1)Nc1ccc(F)c(F)c1. The summed E-state index contributed by atoms with van der Waals surface area (Å²) in [7, 11) is 0. The number of nitrogens with one attached hydrogen (secondary N) is 1. The third kappa shape index (κ3) is 4.51. The average Bonchev–Trinajstić information content (AvgIpc) is 2.72. The molecule has 1 fully saturated rings. The number of hydrogen-bond donors (Lipinski definition) is 1. The number of hydrogen-bond acceptors (Lipinski definition) is 2. The summed E-state index contributed by atoms with van der Waals surface area (Å²) in [6.07, 6.45) is 3.84. The van der Waals surface area contributed by atoms with Crippen molar-refractivity contribution in [3.63, 3.8) is 0 Å². The molecule has 0 atom stereocenters. The highest BCUT2D eigenvalue weighted by Gasteiger charge is 2.18. The predicted octanol–water partition coefficient (Wildman–Crippen LogP) is 2.70. The summed E-state index contributed by atoms with van der Waals surface area (Å²) >= 11 is 0. The summed E-state index contributed by atoms with van der Waals surface area (Å²) < 4.78 is 25.8. The van der Waals surface area contributed by atoms with Crippen LogP contribution >= 0.6 is 0 Å². The van der Waals surface area contributed by atoms with E-state index >= 15 is 0 Å². The maximum absolute atomic E-state index is 13.0. The Kier molecular flexibility index (Phi) is 5.25. The van der Waals surface area contributed by atoms with E-state index in [-0.39, 0.29) is 18.0 Å². The molecule has 1 aromatic carbocycles. The summed E-state index contributed by atoms with van der Waals surface area (Å²) in [4.78, 5) is 25.5. The van der Waals surface area contributed by atoms with E-state index < -0.39 is 17.5 Å². The maximum atomic E-state index is 13.0. The van der Waals surface area contributed by atoms with Crippen molar-refractivity contribution in [3.8, 4) is 0 Å². The Balaban J connectivity index is 1.88.